The molecule has 0 aliphatic carbocycles. The van der Waals surface area contributed by atoms with Gasteiger partial charge in [0.2, 0.25) is 0 Å². The van der Waals surface area contributed by atoms with Crippen LogP contribution in [-0.2, 0) is 14.6 Å². The summed E-state index contributed by atoms with van der Waals surface area (Å²) in [5, 5.41) is 11.2. The number of hydrogen-bond donors (Lipinski definition) is 2. The smallest absolute Gasteiger partial charge is 0.326 e. The van der Waals surface area contributed by atoms with Gasteiger partial charge in [0.25, 0.3) is 0 Å². The Kier molecular flexibility index (Phi) is 6.54. The second-order valence-corrected chi connectivity index (χ2v) is 6.83. The Balaban J connectivity index is 4.54. The summed E-state index contributed by atoms with van der Waals surface area (Å²) in [5.74, 6) is -1.56. The van der Waals surface area contributed by atoms with Crippen LogP contribution < -0.4 is 5.32 Å². The Bertz CT molecular complexity index is 458. The molecule has 0 rings (SSSR count). The van der Waals surface area contributed by atoms with Crippen molar-refractivity contribution in [2.45, 2.75) is 19.4 Å². The van der Waals surface area contributed by atoms with Gasteiger partial charge in [0.15, 0.2) is 0 Å². The molecule has 0 aliphatic rings. The van der Waals surface area contributed by atoms with Gasteiger partial charge in [-0.1, -0.05) is 12.2 Å². The quantitative estimate of drug-likeness (QED) is 0.647. The summed E-state index contributed by atoms with van der Waals surface area (Å²) in [5.41, 5.74) is 0.751. The minimum atomic E-state index is -3.27. The standard InChI is InChI=1S/C11H20N2O5S/c1-8(2)7-13(3)11(16)12-9(10(14)15)5-6-19(4,17)18/h9H,1,5-7H2,2-4H3,(H,12,16)(H,14,15). The van der Waals surface area contributed by atoms with Crippen molar-refractivity contribution in [2.75, 3.05) is 25.6 Å². The predicted octanol–water partition coefficient (Wildman–Crippen LogP) is 0.0918. The zero-order valence-electron chi connectivity index (χ0n) is 11.3. The highest BCUT2D eigenvalue weighted by molar-refractivity contribution is 7.90. The van der Waals surface area contributed by atoms with Crippen molar-refractivity contribution >= 4 is 21.8 Å². The number of carboxylic acids is 1. The SMILES string of the molecule is C=C(C)CN(C)C(=O)NC(CCS(C)(=O)=O)C(=O)O. The number of carbonyl (C=O) groups excluding carboxylic acids is 1. The van der Waals surface area contributed by atoms with Crippen molar-refractivity contribution in [1.29, 1.82) is 0 Å². The Morgan fingerprint density at radius 1 is 1.42 bits per heavy atom. The summed E-state index contributed by atoms with van der Waals surface area (Å²) in [7, 11) is -1.77. The molecule has 2 N–H and O–H groups in total. The normalized spacial score (nSPS) is 12.6. The average Bonchev–Trinajstić information content (AvgIpc) is 2.20. The maximum atomic E-state index is 11.7. The summed E-state index contributed by atoms with van der Waals surface area (Å²) in [4.78, 5) is 23.9. The predicted molar refractivity (Wildman–Crippen MR) is 71.7 cm³/mol. The minimum Gasteiger partial charge on any atom is -0.480 e. The van der Waals surface area contributed by atoms with E-state index >= 15 is 0 Å². The van der Waals surface area contributed by atoms with Gasteiger partial charge >= 0.3 is 12.0 Å². The largest absolute Gasteiger partial charge is 0.480 e. The van der Waals surface area contributed by atoms with Crippen molar-refractivity contribution in [3.8, 4) is 0 Å². The van der Waals surface area contributed by atoms with Gasteiger partial charge in [0.05, 0.1) is 5.75 Å². The van der Waals surface area contributed by atoms with Gasteiger partial charge in [-0.2, -0.15) is 0 Å². The number of amides is 2. The van der Waals surface area contributed by atoms with E-state index in [2.05, 4.69) is 11.9 Å². The molecule has 0 heterocycles. The summed E-state index contributed by atoms with van der Waals surface area (Å²) in [6.07, 6.45) is 0.849. The van der Waals surface area contributed by atoms with Crippen molar-refractivity contribution in [3.63, 3.8) is 0 Å². The summed E-state index contributed by atoms with van der Waals surface area (Å²) >= 11 is 0. The Morgan fingerprint density at radius 2 is 1.95 bits per heavy atom. The van der Waals surface area contributed by atoms with E-state index in [0.29, 0.717) is 6.54 Å². The van der Waals surface area contributed by atoms with Gasteiger partial charge in [-0.15, -0.1) is 0 Å². The third kappa shape index (κ3) is 8.20. The van der Waals surface area contributed by atoms with Crippen LogP contribution in [0.3, 0.4) is 0 Å². The fourth-order valence-electron chi connectivity index (χ4n) is 1.33. The zero-order chi connectivity index (χ0) is 15.2. The van der Waals surface area contributed by atoms with Gasteiger partial charge in [-0.05, 0) is 13.3 Å². The summed E-state index contributed by atoms with van der Waals surface area (Å²) in [6, 6.07) is -1.81. The lowest BCUT2D eigenvalue weighted by molar-refractivity contribution is -0.139. The molecule has 0 fully saturated rings. The molecule has 110 valence electrons. The molecule has 0 saturated heterocycles. The van der Waals surface area contributed by atoms with Crippen molar-refractivity contribution in [1.82, 2.24) is 10.2 Å². The van der Waals surface area contributed by atoms with Gasteiger partial charge in [-0.3, -0.25) is 0 Å². The molecule has 0 saturated carbocycles. The van der Waals surface area contributed by atoms with Crippen molar-refractivity contribution in [3.05, 3.63) is 12.2 Å². The molecule has 0 radical (unpaired) electrons. The highest BCUT2D eigenvalue weighted by Gasteiger charge is 2.23. The van der Waals surface area contributed by atoms with Crippen LogP contribution in [0.15, 0.2) is 12.2 Å². The average molecular weight is 292 g/mol. The second-order valence-electron chi connectivity index (χ2n) is 4.57. The Labute approximate surface area is 113 Å². The number of urea groups is 1. The van der Waals surface area contributed by atoms with Crippen LogP contribution in [0.4, 0.5) is 4.79 Å². The number of likely N-dealkylation sites (N-methyl/N-ethyl adjacent to an activating group) is 1. The Hall–Kier alpha value is -1.57. The number of rotatable bonds is 7. The number of nitrogens with one attached hydrogen (secondary N) is 1. The van der Waals surface area contributed by atoms with E-state index < -0.39 is 27.9 Å². The Morgan fingerprint density at radius 3 is 2.32 bits per heavy atom. The topological polar surface area (TPSA) is 104 Å². The van der Waals surface area contributed by atoms with Crippen LogP contribution in [-0.4, -0.2) is 62.1 Å². The first-order valence-corrected chi connectivity index (χ1v) is 7.65. The van der Waals surface area contributed by atoms with Gasteiger partial charge in [0.1, 0.15) is 15.9 Å². The summed E-state index contributed by atoms with van der Waals surface area (Å²) < 4.78 is 22.0. The lowest BCUT2D eigenvalue weighted by atomic mass is 10.2. The fourth-order valence-corrected chi connectivity index (χ4v) is 1.99. The van der Waals surface area contributed by atoms with Gasteiger partial charge in [-0.25, -0.2) is 18.0 Å². The number of aliphatic carboxylic acids is 1. The molecule has 1 atom stereocenters. The first-order chi connectivity index (χ1) is 8.53. The first kappa shape index (κ1) is 17.4. The molecule has 0 aromatic carbocycles. The molecule has 2 amide bonds. The van der Waals surface area contributed by atoms with Crippen LogP contribution in [0.25, 0.3) is 0 Å². The van der Waals surface area contributed by atoms with E-state index in [1.807, 2.05) is 0 Å². The molecule has 19 heavy (non-hydrogen) atoms. The molecule has 0 aromatic rings. The van der Waals surface area contributed by atoms with Gasteiger partial charge < -0.3 is 15.3 Å². The van der Waals surface area contributed by atoms with Crippen molar-refractivity contribution in [2.24, 2.45) is 0 Å². The third-order valence-corrected chi connectivity index (χ3v) is 3.20. The number of nitrogens with zero attached hydrogens (tertiary/aromatic N) is 1. The number of sulfone groups is 1. The van der Waals surface area contributed by atoms with Crippen LogP contribution >= 0.6 is 0 Å². The maximum Gasteiger partial charge on any atom is 0.326 e. The molecular weight excluding hydrogens is 272 g/mol. The summed E-state index contributed by atoms with van der Waals surface area (Å²) in [6.45, 7) is 5.68. The first-order valence-electron chi connectivity index (χ1n) is 5.59. The molecular formula is C11H20N2O5S. The van der Waals surface area contributed by atoms with E-state index in [1.54, 1.807) is 6.92 Å². The van der Waals surface area contributed by atoms with Crippen molar-refractivity contribution < 1.29 is 23.1 Å². The fraction of sp³-hybridized carbons (Fsp3) is 0.636. The lowest BCUT2D eigenvalue weighted by Crippen LogP contribution is -2.47. The molecule has 0 spiro atoms. The molecule has 8 heteroatoms. The van der Waals surface area contributed by atoms with Gasteiger partial charge in [0, 0.05) is 19.8 Å². The molecule has 7 nitrogen and oxygen atoms in total. The zero-order valence-corrected chi connectivity index (χ0v) is 12.2. The van der Waals surface area contributed by atoms with Crippen LogP contribution in [0.2, 0.25) is 0 Å². The number of hydrogen-bond acceptors (Lipinski definition) is 4. The molecule has 0 bridgehead atoms. The third-order valence-electron chi connectivity index (χ3n) is 2.23. The molecule has 0 aromatic heterocycles. The molecule has 0 aliphatic heterocycles. The molecule has 1 unspecified atom stereocenters. The van der Waals surface area contributed by atoms with Crippen LogP contribution in [0.1, 0.15) is 13.3 Å². The minimum absolute atomic E-state index is 0.166. The van der Waals surface area contributed by atoms with E-state index in [0.717, 1.165) is 11.8 Å². The van der Waals surface area contributed by atoms with Crippen LogP contribution in [0.5, 0.6) is 0 Å². The van der Waals surface area contributed by atoms with E-state index in [9.17, 15) is 18.0 Å². The monoisotopic (exact) mass is 292 g/mol. The highest BCUT2D eigenvalue weighted by atomic mass is 32.2. The van der Waals surface area contributed by atoms with Crippen LogP contribution in [0, 0.1) is 0 Å². The number of carbonyl (C=O) groups is 2. The number of carboxylic acid groups (broad SMARTS) is 1. The maximum absolute atomic E-state index is 11.7. The second kappa shape index (κ2) is 7.13. The lowest BCUT2D eigenvalue weighted by Gasteiger charge is -2.21. The van der Waals surface area contributed by atoms with E-state index in [4.69, 9.17) is 5.11 Å². The van der Waals surface area contributed by atoms with E-state index in [-0.39, 0.29) is 12.2 Å². The van der Waals surface area contributed by atoms with E-state index in [1.165, 1.54) is 11.9 Å². The highest BCUT2D eigenvalue weighted by Crippen LogP contribution is 2.00.